The van der Waals surface area contributed by atoms with Gasteiger partial charge in [0.25, 0.3) is 0 Å². The van der Waals surface area contributed by atoms with E-state index in [1.54, 1.807) is 13.3 Å². The summed E-state index contributed by atoms with van der Waals surface area (Å²) in [6, 6.07) is 3.71. The zero-order valence-corrected chi connectivity index (χ0v) is 21.2. The fourth-order valence-electron chi connectivity index (χ4n) is 3.99. The number of dihydropyridines is 1. The van der Waals surface area contributed by atoms with Crippen LogP contribution in [0.15, 0.2) is 48.5 Å². The lowest BCUT2D eigenvalue weighted by Gasteiger charge is -2.30. The van der Waals surface area contributed by atoms with Crippen molar-refractivity contribution in [1.82, 2.24) is 20.2 Å². The lowest BCUT2D eigenvalue weighted by molar-refractivity contribution is 0.0393. The summed E-state index contributed by atoms with van der Waals surface area (Å²) in [6.45, 7) is 5.18. The first kappa shape index (κ1) is 25.5. The number of anilines is 4. The van der Waals surface area contributed by atoms with Gasteiger partial charge in [0.05, 0.1) is 54.3 Å². The molecule has 0 unspecified atom stereocenters. The number of nitrogens with one attached hydrogen (secondary N) is 3. The highest BCUT2D eigenvalue weighted by Crippen LogP contribution is 2.36. The molecular formula is C25H31ClN8O2. The molecule has 1 fully saturated rings. The summed E-state index contributed by atoms with van der Waals surface area (Å²) < 4.78 is 11.1. The Labute approximate surface area is 215 Å². The van der Waals surface area contributed by atoms with Gasteiger partial charge in [-0.05, 0) is 18.2 Å². The summed E-state index contributed by atoms with van der Waals surface area (Å²) in [5, 5.41) is 14.5. The molecular weight excluding hydrogens is 480 g/mol. The normalized spacial score (nSPS) is 16.9. The molecule has 2 aromatic rings. The van der Waals surface area contributed by atoms with Crippen LogP contribution in [0, 0.1) is 5.41 Å². The Morgan fingerprint density at radius 3 is 2.86 bits per heavy atom. The second-order valence-electron chi connectivity index (χ2n) is 8.34. The number of aromatic nitrogens is 2. The molecule has 1 saturated heterocycles. The van der Waals surface area contributed by atoms with Crippen LogP contribution in [0.25, 0.3) is 5.57 Å². The maximum absolute atomic E-state index is 7.91. The van der Waals surface area contributed by atoms with E-state index in [2.05, 4.69) is 30.4 Å². The van der Waals surface area contributed by atoms with Gasteiger partial charge in [-0.25, -0.2) is 9.97 Å². The summed E-state index contributed by atoms with van der Waals surface area (Å²) in [6.07, 6.45) is 10.1. The smallest absolute Gasteiger partial charge is 0.227 e. The SMILES string of the molecule is COc1cc(N(C)CCN2CCOCC2)c(N)cc1Nc1ncc(Cl)c(/C(C=N)=C2\C=CC=CN2)n1. The highest BCUT2D eigenvalue weighted by atomic mass is 35.5. The van der Waals surface area contributed by atoms with Gasteiger partial charge in [-0.2, -0.15) is 0 Å². The number of allylic oxidation sites excluding steroid dienone is 4. The van der Waals surface area contributed by atoms with Crippen LogP contribution in [-0.2, 0) is 4.74 Å². The van der Waals surface area contributed by atoms with Crippen molar-refractivity contribution in [1.29, 1.82) is 5.41 Å². The number of nitrogens with zero attached hydrogens (tertiary/aromatic N) is 4. The fourth-order valence-corrected chi connectivity index (χ4v) is 4.18. The van der Waals surface area contributed by atoms with Crippen LogP contribution in [0.3, 0.4) is 0 Å². The molecule has 0 saturated carbocycles. The number of hydrogen-bond acceptors (Lipinski definition) is 10. The van der Waals surface area contributed by atoms with Crippen LogP contribution in [0.5, 0.6) is 5.75 Å². The molecule has 3 heterocycles. The summed E-state index contributed by atoms with van der Waals surface area (Å²) in [5.41, 5.74) is 10.2. The van der Waals surface area contributed by atoms with E-state index in [-0.39, 0.29) is 0 Å². The van der Waals surface area contributed by atoms with Crippen molar-refractivity contribution in [2.75, 3.05) is 69.5 Å². The number of hydrogen-bond donors (Lipinski definition) is 4. The van der Waals surface area contributed by atoms with Gasteiger partial charge in [-0.15, -0.1) is 0 Å². The van der Waals surface area contributed by atoms with Crippen molar-refractivity contribution < 1.29 is 9.47 Å². The number of halogens is 1. The first-order valence-electron chi connectivity index (χ1n) is 11.6. The average Bonchev–Trinajstić information content (AvgIpc) is 2.91. The summed E-state index contributed by atoms with van der Waals surface area (Å²) in [4.78, 5) is 13.4. The van der Waals surface area contributed by atoms with Crippen LogP contribution < -0.4 is 26.0 Å². The molecule has 36 heavy (non-hydrogen) atoms. The molecule has 5 N–H and O–H groups in total. The van der Waals surface area contributed by atoms with E-state index in [0.29, 0.717) is 45.1 Å². The molecule has 0 bridgehead atoms. The molecule has 4 rings (SSSR count). The Bertz CT molecular complexity index is 1190. The molecule has 1 aromatic carbocycles. The molecule has 0 radical (unpaired) electrons. The van der Waals surface area contributed by atoms with E-state index in [9.17, 15) is 0 Å². The van der Waals surface area contributed by atoms with Crippen molar-refractivity contribution in [3.8, 4) is 5.75 Å². The molecule has 0 atom stereocenters. The molecule has 0 amide bonds. The lowest BCUT2D eigenvalue weighted by Crippen LogP contribution is -2.40. The molecule has 2 aliphatic rings. The maximum Gasteiger partial charge on any atom is 0.227 e. The van der Waals surface area contributed by atoms with Crippen LogP contribution in [0.1, 0.15) is 5.69 Å². The van der Waals surface area contributed by atoms with E-state index < -0.39 is 0 Å². The van der Waals surface area contributed by atoms with Crippen LogP contribution in [0.4, 0.5) is 23.0 Å². The standard InChI is InChI=1S/C25H31ClN8O2/c1-33(7-8-34-9-11-36-12-10-34)22-14-23(35-2)21(13-19(22)28)31-25-30-16-18(26)24(32-25)17(15-27)20-5-3-4-6-29-20/h3-6,13-16,27,29H,7-12,28H2,1-2H3,(H,30,31,32)/b20-17+,27-15?. The maximum atomic E-state index is 7.91. The van der Waals surface area contributed by atoms with Gasteiger partial charge in [0.1, 0.15) is 5.75 Å². The number of ether oxygens (including phenoxy) is 2. The molecule has 0 aliphatic carbocycles. The first-order chi connectivity index (χ1) is 17.5. The lowest BCUT2D eigenvalue weighted by atomic mass is 10.1. The van der Waals surface area contributed by atoms with E-state index in [4.69, 9.17) is 32.2 Å². The molecule has 0 spiro atoms. The van der Waals surface area contributed by atoms with Crippen molar-refractivity contribution in [3.63, 3.8) is 0 Å². The second kappa shape index (κ2) is 11.9. The van der Waals surface area contributed by atoms with E-state index in [1.807, 2.05) is 37.4 Å². The third-order valence-corrected chi connectivity index (χ3v) is 6.28. The minimum atomic E-state index is 0.302. The zero-order valence-electron chi connectivity index (χ0n) is 20.4. The number of likely N-dealkylation sites (N-methyl/N-ethyl adjacent to an activating group) is 1. The highest BCUT2D eigenvalue weighted by molar-refractivity contribution is 6.33. The molecule has 190 valence electrons. The number of nitrogens with two attached hydrogens (primary N) is 1. The second-order valence-corrected chi connectivity index (χ2v) is 8.74. The van der Waals surface area contributed by atoms with Gasteiger partial charge in [-0.1, -0.05) is 17.7 Å². The number of nitrogen functional groups attached to an aromatic ring is 1. The Kier molecular flexibility index (Phi) is 8.42. The zero-order chi connectivity index (χ0) is 25.5. The van der Waals surface area contributed by atoms with Crippen molar-refractivity contribution in [2.45, 2.75) is 0 Å². The number of morpholine rings is 1. The van der Waals surface area contributed by atoms with E-state index in [0.717, 1.165) is 45.1 Å². The minimum Gasteiger partial charge on any atom is -0.494 e. The molecule has 11 heteroatoms. The largest absolute Gasteiger partial charge is 0.494 e. The third kappa shape index (κ3) is 5.96. The molecule has 2 aliphatic heterocycles. The number of rotatable bonds is 9. The quantitative estimate of drug-likeness (QED) is 0.297. The van der Waals surface area contributed by atoms with E-state index >= 15 is 0 Å². The predicted molar refractivity (Wildman–Crippen MR) is 145 cm³/mol. The highest BCUT2D eigenvalue weighted by Gasteiger charge is 2.17. The Morgan fingerprint density at radius 2 is 2.17 bits per heavy atom. The van der Waals surface area contributed by atoms with Crippen molar-refractivity contribution >= 4 is 46.4 Å². The monoisotopic (exact) mass is 510 g/mol. The minimum absolute atomic E-state index is 0.302. The van der Waals surface area contributed by atoms with Crippen molar-refractivity contribution in [2.24, 2.45) is 0 Å². The fraction of sp³-hybridized carbons (Fsp3) is 0.320. The number of benzene rings is 1. The summed E-state index contributed by atoms with van der Waals surface area (Å²) in [5.74, 6) is 0.904. The Balaban J connectivity index is 1.55. The van der Waals surface area contributed by atoms with Gasteiger partial charge in [-0.3, -0.25) is 4.90 Å². The first-order valence-corrected chi connectivity index (χ1v) is 12.0. The Hall–Kier alpha value is -3.60. The number of methoxy groups -OCH3 is 1. The molecule has 1 aromatic heterocycles. The van der Waals surface area contributed by atoms with Gasteiger partial charge in [0.2, 0.25) is 5.95 Å². The average molecular weight is 511 g/mol. The van der Waals surface area contributed by atoms with Crippen molar-refractivity contribution in [3.05, 3.63) is 59.2 Å². The Morgan fingerprint density at radius 1 is 1.36 bits per heavy atom. The molecule has 10 nitrogen and oxygen atoms in total. The van der Waals surface area contributed by atoms with Gasteiger partial charge >= 0.3 is 0 Å². The van der Waals surface area contributed by atoms with Crippen LogP contribution in [-0.4, -0.2) is 74.6 Å². The predicted octanol–water partition coefficient (Wildman–Crippen LogP) is 3.27. The van der Waals surface area contributed by atoms with Gasteiger partial charge in [0, 0.05) is 63.0 Å². The van der Waals surface area contributed by atoms with Gasteiger partial charge in [0.15, 0.2) is 0 Å². The summed E-state index contributed by atoms with van der Waals surface area (Å²) in [7, 11) is 3.62. The van der Waals surface area contributed by atoms with Crippen LogP contribution in [0.2, 0.25) is 5.02 Å². The topological polar surface area (TPSA) is 125 Å². The summed E-state index contributed by atoms with van der Waals surface area (Å²) >= 11 is 6.40. The van der Waals surface area contributed by atoms with E-state index in [1.165, 1.54) is 12.4 Å². The third-order valence-electron chi connectivity index (χ3n) is 6.00. The van der Waals surface area contributed by atoms with Crippen LogP contribution >= 0.6 is 11.6 Å². The van der Waals surface area contributed by atoms with Gasteiger partial charge < -0.3 is 36.2 Å².